The van der Waals surface area contributed by atoms with E-state index in [0.717, 1.165) is 26.7 Å². The van der Waals surface area contributed by atoms with E-state index in [4.69, 9.17) is 4.74 Å². The highest BCUT2D eigenvalue weighted by atomic mass is 32.1. The number of anilines is 1. The highest BCUT2D eigenvalue weighted by molar-refractivity contribution is 7.21. The van der Waals surface area contributed by atoms with Gasteiger partial charge in [0.15, 0.2) is 4.96 Å². The van der Waals surface area contributed by atoms with Crippen LogP contribution in [0.2, 0.25) is 0 Å². The largest absolute Gasteiger partial charge is 0.497 e. The number of hydrogen-bond acceptors (Lipinski definition) is 5. The van der Waals surface area contributed by atoms with Crippen LogP contribution in [-0.4, -0.2) is 22.4 Å². The minimum absolute atomic E-state index is 0.128. The Morgan fingerprint density at radius 2 is 2.14 bits per heavy atom. The first-order valence-corrected chi connectivity index (χ1v) is 8.25. The molecule has 3 heterocycles. The minimum Gasteiger partial charge on any atom is -0.497 e. The zero-order valence-electron chi connectivity index (χ0n) is 11.6. The van der Waals surface area contributed by atoms with Crippen LogP contribution in [0.4, 0.5) is 5.69 Å². The number of aromatic nitrogens is 2. The molecule has 0 radical (unpaired) electrons. The van der Waals surface area contributed by atoms with Crippen LogP contribution in [0.3, 0.4) is 0 Å². The molecule has 0 aliphatic heterocycles. The predicted octanol–water partition coefficient (Wildman–Crippen LogP) is 3.87. The lowest BCUT2D eigenvalue weighted by molar-refractivity contribution is 0.103. The Bertz CT molecular complexity index is 966. The normalized spacial score (nSPS) is 11.1. The van der Waals surface area contributed by atoms with Gasteiger partial charge in [0.25, 0.3) is 5.91 Å². The molecule has 1 amide bonds. The summed E-state index contributed by atoms with van der Waals surface area (Å²) in [4.78, 5) is 19.3. The van der Waals surface area contributed by atoms with Crippen molar-refractivity contribution in [2.45, 2.75) is 0 Å². The summed E-state index contributed by atoms with van der Waals surface area (Å²) in [5.41, 5.74) is 1.71. The van der Waals surface area contributed by atoms with Gasteiger partial charge in [-0.25, -0.2) is 4.98 Å². The fourth-order valence-electron chi connectivity index (χ4n) is 2.23. The van der Waals surface area contributed by atoms with Crippen molar-refractivity contribution in [1.29, 1.82) is 0 Å². The van der Waals surface area contributed by atoms with Crippen molar-refractivity contribution in [3.8, 4) is 5.75 Å². The van der Waals surface area contributed by atoms with Crippen LogP contribution in [-0.2, 0) is 0 Å². The Morgan fingerprint density at radius 1 is 1.32 bits per heavy atom. The molecule has 1 aromatic carbocycles. The van der Waals surface area contributed by atoms with Gasteiger partial charge in [0.1, 0.15) is 10.6 Å². The monoisotopic (exact) mass is 329 g/mol. The number of ether oxygens (including phenoxy) is 1. The molecule has 0 spiro atoms. The number of rotatable bonds is 3. The van der Waals surface area contributed by atoms with Crippen molar-refractivity contribution >= 4 is 49.6 Å². The number of fused-ring (bicyclic) bond motifs is 3. The maximum Gasteiger partial charge on any atom is 0.265 e. The summed E-state index contributed by atoms with van der Waals surface area (Å²) < 4.78 is 7.10. The van der Waals surface area contributed by atoms with Crippen molar-refractivity contribution in [3.63, 3.8) is 0 Å². The van der Waals surface area contributed by atoms with Crippen molar-refractivity contribution in [1.82, 2.24) is 9.38 Å². The Kier molecular flexibility index (Phi) is 3.09. The van der Waals surface area contributed by atoms with Crippen LogP contribution < -0.4 is 10.1 Å². The zero-order valence-corrected chi connectivity index (χ0v) is 13.2. The van der Waals surface area contributed by atoms with Gasteiger partial charge in [-0.3, -0.25) is 9.20 Å². The lowest BCUT2D eigenvalue weighted by Crippen LogP contribution is -2.09. The molecule has 110 valence electrons. The number of nitrogens with one attached hydrogen (secondary N) is 1. The molecule has 0 saturated heterocycles. The lowest BCUT2D eigenvalue weighted by atomic mass is 10.3. The van der Waals surface area contributed by atoms with Gasteiger partial charge in [-0.05, 0) is 30.3 Å². The molecule has 22 heavy (non-hydrogen) atoms. The number of thiophene rings is 1. The standard InChI is InChI=1S/C15H11N3O2S2/c1-20-10-4-2-9(3-5-10)16-13(19)12-8-11-14(22-12)17-15-18(11)6-7-21-15/h2-8H,1H3,(H,16,19). The molecule has 0 saturated carbocycles. The summed E-state index contributed by atoms with van der Waals surface area (Å²) in [6.07, 6.45) is 1.97. The molecule has 0 aliphatic carbocycles. The number of imidazole rings is 1. The third kappa shape index (κ3) is 2.15. The number of amides is 1. The van der Waals surface area contributed by atoms with Gasteiger partial charge in [0, 0.05) is 17.3 Å². The number of benzene rings is 1. The second kappa shape index (κ2) is 5.11. The average molecular weight is 329 g/mol. The van der Waals surface area contributed by atoms with Gasteiger partial charge in [-0.15, -0.1) is 22.7 Å². The van der Waals surface area contributed by atoms with Gasteiger partial charge in [0.2, 0.25) is 0 Å². The summed E-state index contributed by atoms with van der Waals surface area (Å²) in [6, 6.07) is 9.13. The van der Waals surface area contributed by atoms with Crippen molar-refractivity contribution in [3.05, 3.63) is 46.8 Å². The second-order valence-electron chi connectivity index (χ2n) is 4.65. The van der Waals surface area contributed by atoms with Gasteiger partial charge in [-0.2, -0.15) is 0 Å². The van der Waals surface area contributed by atoms with Gasteiger partial charge in [0.05, 0.1) is 17.5 Å². The maximum atomic E-state index is 12.3. The molecule has 7 heteroatoms. The molecular formula is C15H11N3O2S2. The Balaban J connectivity index is 1.62. The summed E-state index contributed by atoms with van der Waals surface area (Å²) >= 11 is 2.98. The fourth-order valence-corrected chi connectivity index (χ4v) is 3.92. The van der Waals surface area contributed by atoms with Gasteiger partial charge in [-0.1, -0.05) is 0 Å². The SMILES string of the molecule is COc1ccc(NC(=O)c2cc3c(nc4sccn43)s2)cc1. The van der Waals surface area contributed by atoms with Gasteiger partial charge >= 0.3 is 0 Å². The van der Waals surface area contributed by atoms with Crippen LogP contribution in [0.15, 0.2) is 41.9 Å². The average Bonchev–Trinajstić information content (AvgIpc) is 3.19. The third-order valence-corrected chi connectivity index (χ3v) is 5.08. The van der Waals surface area contributed by atoms with E-state index >= 15 is 0 Å². The van der Waals surface area contributed by atoms with E-state index in [2.05, 4.69) is 10.3 Å². The minimum atomic E-state index is -0.128. The summed E-state index contributed by atoms with van der Waals surface area (Å²) in [6.45, 7) is 0. The van der Waals surface area contributed by atoms with E-state index in [1.54, 1.807) is 18.4 Å². The molecule has 0 fully saturated rings. The predicted molar refractivity (Wildman–Crippen MR) is 89.4 cm³/mol. The highest BCUT2D eigenvalue weighted by Crippen LogP contribution is 2.28. The molecule has 3 aromatic heterocycles. The smallest absolute Gasteiger partial charge is 0.265 e. The van der Waals surface area contributed by atoms with Crippen molar-refractivity contribution in [2.75, 3.05) is 12.4 Å². The van der Waals surface area contributed by atoms with Gasteiger partial charge < -0.3 is 10.1 Å². The summed E-state index contributed by atoms with van der Waals surface area (Å²) in [5, 5.41) is 4.87. The Labute approximate surface area is 133 Å². The van der Waals surface area contributed by atoms with E-state index in [1.807, 2.05) is 46.3 Å². The summed E-state index contributed by atoms with van der Waals surface area (Å²) in [7, 11) is 1.61. The van der Waals surface area contributed by atoms with Crippen LogP contribution in [0, 0.1) is 0 Å². The van der Waals surface area contributed by atoms with E-state index < -0.39 is 0 Å². The Morgan fingerprint density at radius 3 is 2.91 bits per heavy atom. The fraction of sp³-hybridized carbons (Fsp3) is 0.0667. The molecule has 0 unspecified atom stereocenters. The molecular weight excluding hydrogens is 318 g/mol. The van der Waals surface area contributed by atoms with Crippen molar-refractivity contribution < 1.29 is 9.53 Å². The summed E-state index contributed by atoms with van der Waals surface area (Å²) in [5.74, 6) is 0.630. The topological polar surface area (TPSA) is 55.6 Å². The molecule has 4 rings (SSSR count). The Hall–Kier alpha value is -2.38. The molecule has 0 aliphatic rings. The van der Waals surface area contributed by atoms with Crippen LogP contribution in [0.1, 0.15) is 9.67 Å². The first kappa shape index (κ1) is 13.3. The molecule has 1 N–H and O–H groups in total. The molecule has 4 aromatic rings. The van der Waals surface area contributed by atoms with Crippen LogP contribution >= 0.6 is 22.7 Å². The first-order valence-electron chi connectivity index (χ1n) is 6.55. The van der Waals surface area contributed by atoms with Crippen LogP contribution in [0.5, 0.6) is 5.75 Å². The number of carbonyl (C=O) groups excluding carboxylic acids is 1. The second-order valence-corrected chi connectivity index (χ2v) is 6.55. The van der Waals surface area contributed by atoms with E-state index in [1.165, 1.54) is 11.3 Å². The number of methoxy groups -OCH3 is 1. The zero-order chi connectivity index (χ0) is 15.1. The van der Waals surface area contributed by atoms with E-state index in [-0.39, 0.29) is 5.91 Å². The number of hydrogen-bond donors (Lipinski definition) is 1. The van der Waals surface area contributed by atoms with Crippen LogP contribution in [0.25, 0.3) is 15.3 Å². The number of nitrogens with zero attached hydrogens (tertiary/aromatic N) is 2. The van der Waals surface area contributed by atoms with Crippen molar-refractivity contribution in [2.24, 2.45) is 0 Å². The van der Waals surface area contributed by atoms with E-state index in [0.29, 0.717) is 4.88 Å². The molecule has 5 nitrogen and oxygen atoms in total. The maximum absolute atomic E-state index is 12.3. The molecule has 0 bridgehead atoms. The third-order valence-electron chi connectivity index (χ3n) is 3.31. The highest BCUT2D eigenvalue weighted by Gasteiger charge is 2.15. The number of carbonyl (C=O) groups is 1. The number of thiazole rings is 1. The lowest BCUT2D eigenvalue weighted by Gasteiger charge is -2.04. The first-order chi connectivity index (χ1) is 10.7. The quantitative estimate of drug-likeness (QED) is 0.621. The van der Waals surface area contributed by atoms with E-state index in [9.17, 15) is 4.79 Å². The molecule has 0 atom stereocenters.